The van der Waals surface area contributed by atoms with E-state index in [1.54, 1.807) is 4.57 Å². The second kappa shape index (κ2) is 6.21. The smallest absolute Gasteiger partial charge is 0.268 e. The van der Waals surface area contributed by atoms with Crippen LogP contribution in [0.1, 0.15) is 44.1 Å². The zero-order chi connectivity index (χ0) is 14.6. The Morgan fingerprint density at radius 1 is 1.37 bits per heavy atom. The van der Waals surface area contributed by atoms with Crippen molar-refractivity contribution < 1.29 is 13.2 Å². The average molecular weight is 287 g/mol. The minimum Gasteiger partial charge on any atom is -0.348 e. The predicted octanol–water partition coefficient (Wildman–Crippen LogP) is 1.07. The quantitative estimate of drug-likeness (QED) is 0.819. The lowest BCUT2D eigenvalue weighted by molar-refractivity contribution is 0.0925. The fraction of sp³-hybridized carbons (Fsp3) is 0.583. The van der Waals surface area contributed by atoms with Crippen molar-refractivity contribution in [2.24, 2.45) is 5.14 Å². The van der Waals surface area contributed by atoms with Crippen LogP contribution in [0.15, 0.2) is 17.2 Å². The summed E-state index contributed by atoms with van der Waals surface area (Å²) in [7, 11) is -3.79. The molecule has 1 aromatic heterocycles. The molecule has 0 atom stereocenters. The van der Waals surface area contributed by atoms with E-state index >= 15 is 0 Å². The van der Waals surface area contributed by atoms with Crippen LogP contribution in [-0.2, 0) is 16.6 Å². The number of amides is 1. The molecule has 0 unspecified atom stereocenters. The molecular formula is C12H21N3O3S. The van der Waals surface area contributed by atoms with Gasteiger partial charge in [-0.05, 0) is 25.8 Å². The number of hydrogen-bond donors (Lipinski definition) is 2. The fourth-order valence-corrected chi connectivity index (χ4v) is 2.39. The summed E-state index contributed by atoms with van der Waals surface area (Å²) in [4.78, 5) is 12.1. The van der Waals surface area contributed by atoms with Gasteiger partial charge in [-0.2, -0.15) is 0 Å². The normalized spacial score (nSPS) is 11.8. The van der Waals surface area contributed by atoms with Gasteiger partial charge in [-0.1, -0.05) is 13.8 Å². The standard InChI is InChI=1S/C12H21N3O3S/c1-4-9(5-2)14-12(16)11-7-10(19(13,17)18)8-15(11)6-3/h7-9H,4-6H2,1-3H3,(H,14,16)(H2,13,17,18). The molecule has 6 nitrogen and oxygen atoms in total. The molecule has 0 bridgehead atoms. The third kappa shape index (κ3) is 3.81. The summed E-state index contributed by atoms with van der Waals surface area (Å²) in [6, 6.07) is 1.40. The van der Waals surface area contributed by atoms with Gasteiger partial charge in [0, 0.05) is 18.8 Å². The lowest BCUT2D eigenvalue weighted by Gasteiger charge is -2.15. The van der Waals surface area contributed by atoms with Gasteiger partial charge in [0.25, 0.3) is 5.91 Å². The Bertz CT molecular complexity index is 545. The van der Waals surface area contributed by atoms with E-state index in [0.717, 1.165) is 12.8 Å². The SMILES string of the molecule is CCC(CC)NC(=O)c1cc(S(N)(=O)=O)cn1CC. The van der Waals surface area contributed by atoms with E-state index in [2.05, 4.69) is 5.32 Å². The van der Waals surface area contributed by atoms with Crippen LogP contribution < -0.4 is 10.5 Å². The Hall–Kier alpha value is -1.34. The van der Waals surface area contributed by atoms with E-state index in [1.807, 2.05) is 20.8 Å². The van der Waals surface area contributed by atoms with Crippen LogP contribution in [0.25, 0.3) is 0 Å². The van der Waals surface area contributed by atoms with Gasteiger partial charge in [0.15, 0.2) is 0 Å². The number of nitrogens with one attached hydrogen (secondary N) is 1. The summed E-state index contributed by atoms with van der Waals surface area (Å²) >= 11 is 0. The lowest BCUT2D eigenvalue weighted by atomic mass is 10.1. The maximum Gasteiger partial charge on any atom is 0.268 e. The number of nitrogens with two attached hydrogens (primary N) is 1. The van der Waals surface area contributed by atoms with Crippen LogP contribution in [0, 0.1) is 0 Å². The third-order valence-corrected chi connectivity index (χ3v) is 3.97. The number of primary sulfonamides is 1. The van der Waals surface area contributed by atoms with Crippen molar-refractivity contribution in [1.82, 2.24) is 9.88 Å². The monoisotopic (exact) mass is 287 g/mol. The molecule has 0 aliphatic carbocycles. The van der Waals surface area contributed by atoms with E-state index in [4.69, 9.17) is 5.14 Å². The summed E-state index contributed by atoms with van der Waals surface area (Å²) in [6.45, 7) is 6.31. The van der Waals surface area contributed by atoms with Gasteiger partial charge >= 0.3 is 0 Å². The highest BCUT2D eigenvalue weighted by Gasteiger charge is 2.19. The molecule has 0 fully saturated rings. The molecule has 19 heavy (non-hydrogen) atoms. The number of carbonyl (C=O) groups excluding carboxylic acids is 1. The van der Waals surface area contributed by atoms with E-state index in [0.29, 0.717) is 12.2 Å². The molecule has 108 valence electrons. The Morgan fingerprint density at radius 3 is 2.37 bits per heavy atom. The Morgan fingerprint density at radius 2 is 1.95 bits per heavy atom. The first kappa shape index (κ1) is 15.7. The van der Waals surface area contributed by atoms with Crippen LogP contribution in [0.5, 0.6) is 0 Å². The summed E-state index contributed by atoms with van der Waals surface area (Å²) in [5.74, 6) is -0.273. The van der Waals surface area contributed by atoms with Gasteiger partial charge in [-0.25, -0.2) is 13.6 Å². The first-order valence-electron chi connectivity index (χ1n) is 6.37. The van der Waals surface area contributed by atoms with Crippen molar-refractivity contribution in [3.8, 4) is 0 Å². The zero-order valence-electron chi connectivity index (χ0n) is 11.5. The van der Waals surface area contributed by atoms with E-state index in [-0.39, 0.29) is 16.8 Å². The van der Waals surface area contributed by atoms with Crippen molar-refractivity contribution in [2.45, 2.75) is 51.1 Å². The van der Waals surface area contributed by atoms with Crippen molar-refractivity contribution in [3.05, 3.63) is 18.0 Å². The average Bonchev–Trinajstić information content (AvgIpc) is 2.79. The van der Waals surface area contributed by atoms with E-state index < -0.39 is 10.0 Å². The lowest BCUT2D eigenvalue weighted by Crippen LogP contribution is -2.34. The molecule has 0 spiro atoms. The van der Waals surface area contributed by atoms with Crippen LogP contribution in [0.2, 0.25) is 0 Å². The Labute approximate surface area is 114 Å². The molecule has 1 rings (SSSR count). The molecule has 7 heteroatoms. The summed E-state index contributed by atoms with van der Waals surface area (Å²) in [5, 5.41) is 7.95. The summed E-state index contributed by atoms with van der Waals surface area (Å²) in [6.07, 6.45) is 3.05. The molecule has 0 saturated carbocycles. The van der Waals surface area contributed by atoms with Crippen LogP contribution in [0.4, 0.5) is 0 Å². The van der Waals surface area contributed by atoms with Gasteiger partial charge < -0.3 is 9.88 Å². The molecule has 1 amide bonds. The van der Waals surface area contributed by atoms with Gasteiger partial charge in [0.1, 0.15) is 10.6 Å². The second-order valence-electron chi connectivity index (χ2n) is 4.38. The van der Waals surface area contributed by atoms with Crippen molar-refractivity contribution in [2.75, 3.05) is 0 Å². The largest absolute Gasteiger partial charge is 0.348 e. The van der Waals surface area contributed by atoms with Crippen LogP contribution in [-0.4, -0.2) is 24.9 Å². The highest BCUT2D eigenvalue weighted by Crippen LogP contribution is 2.13. The van der Waals surface area contributed by atoms with Crippen LogP contribution in [0.3, 0.4) is 0 Å². The first-order valence-corrected chi connectivity index (χ1v) is 7.91. The number of aryl methyl sites for hydroxylation is 1. The molecule has 0 saturated heterocycles. The number of carbonyl (C=O) groups is 1. The second-order valence-corrected chi connectivity index (χ2v) is 5.94. The number of nitrogens with zero attached hydrogens (tertiary/aromatic N) is 1. The molecule has 0 aliphatic heterocycles. The van der Waals surface area contributed by atoms with E-state index in [9.17, 15) is 13.2 Å². The number of hydrogen-bond acceptors (Lipinski definition) is 3. The van der Waals surface area contributed by atoms with Gasteiger partial charge in [-0.3, -0.25) is 4.79 Å². The first-order chi connectivity index (χ1) is 8.83. The number of rotatable bonds is 6. The molecule has 1 heterocycles. The predicted molar refractivity (Wildman–Crippen MR) is 73.3 cm³/mol. The topological polar surface area (TPSA) is 94.2 Å². The van der Waals surface area contributed by atoms with Crippen molar-refractivity contribution in [1.29, 1.82) is 0 Å². The minimum atomic E-state index is -3.79. The van der Waals surface area contributed by atoms with Gasteiger partial charge in [0.05, 0.1) is 0 Å². The molecule has 0 aromatic carbocycles. The van der Waals surface area contributed by atoms with Gasteiger partial charge in [-0.15, -0.1) is 0 Å². The van der Waals surface area contributed by atoms with Crippen molar-refractivity contribution >= 4 is 15.9 Å². The summed E-state index contributed by atoms with van der Waals surface area (Å²) in [5.41, 5.74) is 0.318. The highest BCUT2D eigenvalue weighted by molar-refractivity contribution is 7.89. The molecule has 0 aliphatic rings. The van der Waals surface area contributed by atoms with Gasteiger partial charge in [0.2, 0.25) is 10.0 Å². The molecule has 3 N–H and O–H groups in total. The number of aromatic nitrogens is 1. The highest BCUT2D eigenvalue weighted by atomic mass is 32.2. The Balaban J connectivity index is 3.06. The minimum absolute atomic E-state index is 0.0379. The Kier molecular flexibility index (Phi) is 5.13. The van der Waals surface area contributed by atoms with E-state index in [1.165, 1.54) is 12.3 Å². The van der Waals surface area contributed by atoms with Crippen LogP contribution >= 0.6 is 0 Å². The third-order valence-electron chi connectivity index (χ3n) is 3.09. The summed E-state index contributed by atoms with van der Waals surface area (Å²) < 4.78 is 24.2. The zero-order valence-corrected chi connectivity index (χ0v) is 12.3. The molecule has 0 radical (unpaired) electrons. The molecular weight excluding hydrogens is 266 g/mol. The van der Waals surface area contributed by atoms with Crippen molar-refractivity contribution in [3.63, 3.8) is 0 Å². The maximum atomic E-state index is 12.1. The fourth-order valence-electron chi connectivity index (χ4n) is 1.84. The molecule has 1 aromatic rings. The maximum absolute atomic E-state index is 12.1. The number of sulfonamides is 1.